The highest BCUT2D eigenvalue weighted by molar-refractivity contribution is 5.75. The summed E-state index contributed by atoms with van der Waals surface area (Å²) in [6, 6.07) is -0.159. The molecule has 0 unspecified atom stereocenters. The normalized spacial score (nSPS) is 10.1. The molecule has 0 aliphatic carbocycles. The highest BCUT2D eigenvalue weighted by Crippen LogP contribution is 1.98. The Balaban J connectivity index is 4.08. The fraction of sp³-hybridized carbons (Fsp3) is 0.818. The van der Waals surface area contributed by atoms with E-state index >= 15 is 0 Å². The third kappa shape index (κ3) is 6.78. The van der Waals surface area contributed by atoms with Crippen LogP contribution in [0.4, 0.5) is 4.79 Å². The molecule has 6 nitrogen and oxygen atoms in total. The molecule has 0 heterocycles. The Bertz CT molecular complexity index is 246. The number of aliphatic carboxylic acids is 1. The average Bonchev–Trinajstić information content (AvgIpc) is 2.31. The number of hydrogen-bond acceptors (Lipinski definition) is 3. The van der Waals surface area contributed by atoms with Crippen LogP contribution in [0.15, 0.2) is 0 Å². The summed E-state index contributed by atoms with van der Waals surface area (Å²) in [5, 5.41) is 8.54. The number of carboxylic acid groups (broad SMARTS) is 1. The summed E-state index contributed by atoms with van der Waals surface area (Å²) in [4.78, 5) is 25.3. The smallest absolute Gasteiger partial charge is 0.319 e. The molecule has 0 spiro atoms. The lowest BCUT2D eigenvalue weighted by Gasteiger charge is -2.26. The molecule has 1 N–H and O–H groups in total. The van der Waals surface area contributed by atoms with Crippen molar-refractivity contribution in [3.8, 4) is 0 Å². The van der Waals surface area contributed by atoms with Crippen molar-refractivity contribution in [2.45, 2.75) is 20.3 Å². The molecule has 0 rings (SSSR count). The van der Waals surface area contributed by atoms with Crippen LogP contribution in [0.25, 0.3) is 0 Å². The first kappa shape index (κ1) is 15.7. The summed E-state index contributed by atoms with van der Waals surface area (Å²) in [7, 11) is 1.61. The van der Waals surface area contributed by atoms with E-state index in [0.717, 1.165) is 0 Å². The minimum Gasteiger partial charge on any atom is -0.481 e. The van der Waals surface area contributed by atoms with Gasteiger partial charge >= 0.3 is 12.0 Å². The average molecular weight is 246 g/mol. The van der Waals surface area contributed by atoms with Crippen molar-refractivity contribution in [1.29, 1.82) is 0 Å². The van der Waals surface area contributed by atoms with Crippen LogP contribution in [-0.4, -0.2) is 66.8 Å². The topological polar surface area (TPSA) is 70.1 Å². The van der Waals surface area contributed by atoms with Crippen molar-refractivity contribution in [3.05, 3.63) is 0 Å². The van der Waals surface area contributed by atoms with Crippen molar-refractivity contribution < 1.29 is 19.4 Å². The summed E-state index contributed by atoms with van der Waals surface area (Å²) >= 11 is 0. The van der Waals surface area contributed by atoms with Gasteiger partial charge < -0.3 is 19.6 Å². The zero-order valence-electron chi connectivity index (χ0n) is 10.8. The molecule has 0 aromatic carbocycles. The quantitative estimate of drug-likeness (QED) is 0.645. The number of rotatable bonds is 8. The van der Waals surface area contributed by atoms with E-state index in [-0.39, 0.29) is 19.0 Å². The third-order valence-corrected chi connectivity index (χ3v) is 2.35. The molecule has 0 saturated heterocycles. The molecule has 17 heavy (non-hydrogen) atoms. The second-order valence-corrected chi connectivity index (χ2v) is 3.62. The Hall–Kier alpha value is -1.30. The maximum absolute atomic E-state index is 11.9. The molecule has 0 bridgehead atoms. The Labute approximate surface area is 102 Å². The van der Waals surface area contributed by atoms with Gasteiger partial charge in [0.15, 0.2) is 0 Å². The second-order valence-electron chi connectivity index (χ2n) is 3.62. The van der Waals surface area contributed by atoms with Crippen LogP contribution in [-0.2, 0) is 9.53 Å². The maximum Gasteiger partial charge on any atom is 0.319 e. The summed E-state index contributed by atoms with van der Waals surface area (Å²) in [5.74, 6) is -0.901. The van der Waals surface area contributed by atoms with E-state index in [1.807, 2.05) is 13.8 Å². The van der Waals surface area contributed by atoms with E-state index in [1.165, 1.54) is 4.90 Å². The van der Waals surface area contributed by atoms with Gasteiger partial charge in [-0.3, -0.25) is 4.79 Å². The second kappa shape index (κ2) is 8.81. The zero-order valence-corrected chi connectivity index (χ0v) is 10.8. The molecule has 0 fully saturated rings. The Morgan fingerprint density at radius 1 is 1.24 bits per heavy atom. The van der Waals surface area contributed by atoms with Gasteiger partial charge in [-0.15, -0.1) is 0 Å². The summed E-state index contributed by atoms with van der Waals surface area (Å²) in [6.45, 7) is 6.25. The van der Waals surface area contributed by atoms with E-state index in [1.54, 1.807) is 11.9 Å². The predicted octanol–water partition coefficient (Wildman–Crippen LogP) is 0.871. The molecule has 6 heteroatoms. The molecule has 2 amide bonds. The highest BCUT2D eigenvalue weighted by atomic mass is 16.5. The van der Waals surface area contributed by atoms with E-state index < -0.39 is 5.97 Å². The number of likely N-dealkylation sites (N-methyl/N-ethyl adjacent to an activating group) is 1. The van der Waals surface area contributed by atoms with Gasteiger partial charge in [0, 0.05) is 33.3 Å². The van der Waals surface area contributed by atoms with Crippen LogP contribution in [0.5, 0.6) is 0 Å². The summed E-state index contributed by atoms with van der Waals surface area (Å²) in [6.07, 6.45) is -0.0365. The van der Waals surface area contributed by atoms with Crippen LogP contribution in [0.2, 0.25) is 0 Å². The molecule has 100 valence electrons. The van der Waals surface area contributed by atoms with E-state index in [4.69, 9.17) is 9.84 Å². The molecular formula is C11H22N2O4. The number of carbonyl (C=O) groups is 2. The summed E-state index contributed by atoms with van der Waals surface area (Å²) in [5.41, 5.74) is 0. The van der Waals surface area contributed by atoms with Gasteiger partial charge in [-0.05, 0) is 13.8 Å². The lowest BCUT2D eigenvalue weighted by molar-refractivity contribution is -0.137. The number of amides is 2. The van der Waals surface area contributed by atoms with Crippen molar-refractivity contribution in [3.63, 3.8) is 0 Å². The Morgan fingerprint density at radius 2 is 1.88 bits per heavy atom. The first-order chi connectivity index (χ1) is 8.02. The summed E-state index contributed by atoms with van der Waals surface area (Å²) < 4.78 is 5.19. The minimum atomic E-state index is -0.901. The Kier molecular flexibility index (Phi) is 8.13. The van der Waals surface area contributed by atoms with Crippen LogP contribution >= 0.6 is 0 Å². The molecule has 0 aliphatic heterocycles. The first-order valence-electron chi connectivity index (χ1n) is 5.82. The molecule has 0 aromatic rings. The van der Waals surface area contributed by atoms with Crippen LogP contribution in [0, 0.1) is 0 Å². The molecular weight excluding hydrogens is 224 g/mol. The number of hydrogen-bond donors (Lipinski definition) is 1. The largest absolute Gasteiger partial charge is 0.481 e. The maximum atomic E-state index is 11.9. The minimum absolute atomic E-state index is 0.0365. The molecule has 0 saturated carbocycles. The number of ether oxygens (including phenoxy) is 1. The highest BCUT2D eigenvalue weighted by Gasteiger charge is 2.16. The van der Waals surface area contributed by atoms with E-state index in [0.29, 0.717) is 26.3 Å². The zero-order chi connectivity index (χ0) is 13.3. The monoisotopic (exact) mass is 246 g/mol. The number of nitrogens with zero attached hydrogens (tertiary/aromatic N) is 2. The number of carbonyl (C=O) groups excluding carboxylic acids is 1. The SMILES string of the molecule is CCOCCN(CC)C(=O)N(C)CCC(=O)O. The number of urea groups is 1. The van der Waals surface area contributed by atoms with Gasteiger partial charge in [-0.1, -0.05) is 0 Å². The lowest BCUT2D eigenvalue weighted by Crippen LogP contribution is -2.43. The molecule has 0 aromatic heterocycles. The fourth-order valence-corrected chi connectivity index (χ4v) is 1.31. The van der Waals surface area contributed by atoms with Gasteiger partial charge in [-0.2, -0.15) is 0 Å². The van der Waals surface area contributed by atoms with Crippen molar-refractivity contribution in [2.24, 2.45) is 0 Å². The molecule has 0 radical (unpaired) electrons. The predicted molar refractivity (Wildman–Crippen MR) is 64.0 cm³/mol. The molecule has 0 atom stereocenters. The van der Waals surface area contributed by atoms with Crippen LogP contribution in [0.3, 0.4) is 0 Å². The van der Waals surface area contributed by atoms with Gasteiger partial charge in [-0.25, -0.2) is 4.79 Å². The first-order valence-corrected chi connectivity index (χ1v) is 5.82. The lowest BCUT2D eigenvalue weighted by atomic mass is 10.4. The van der Waals surface area contributed by atoms with Crippen molar-refractivity contribution in [1.82, 2.24) is 9.80 Å². The van der Waals surface area contributed by atoms with Gasteiger partial charge in [0.05, 0.1) is 13.0 Å². The number of carboxylic acids is 1. The van der Waals surface area contributed by atoms with Crippen molar-refractivity contribution in [2.75, 3.05) is 39.9 Å². The Morgan fingerprint density at radius 3 is 2.35 bits per heavy atom. The standard InChI is InChI=1S/C11H22N2O4/c1-4-13(8-9-17-5-2)11(16)12(3)7-6-10(14)15/h4-9H2,1-3H3,(H,14,15). The third-order valence-electron chi connectivity index (χ3n) is 2.35. The molecule has 0 aliphatic rings. The van der Waals surface area contributed by atoms with Crippen LogP contribution < -0.4 is 0 Å². The van der Waals surface area contributed by atoms with Gasteiger partial charge in [0.2, 0.25) is 0 Å². The van der Waals surface area contributed by atoms with Gasteiger partial charge in [0.1, 0.15) is 0 Å². The van der Waals surface area contributed by atoms with E-state index in [9.17, 15) is 9.59 Å². The van der Waals surface area contributed by atoms with Gasteiger partial charge in [0.25, 0.3) is 0 Å². The van der Waals surface area contributed by atoms with Crippen molar-refractivity contribution >= 4 is 12.0 Å². The fourth-order valence-electron chi connectivity index (χ4n) is 1.31. The van der Waals surface area contributed by atoms with Crippen LogP contribution in [0.1, 0.15) is 20.3 Å². The van der Waals surface area contributed by atoms with E-state index in [2.05, 4.69) is 0 Å².